The number of hydrogen-bond acceptors (Lipinski definition) is 6. The highest BCUT2D eigenvalue weighted by Crippen LogP contribution is 2.38. The molecule has 6 nitrogen and oxygen atoms in total. The number of ether oxygens (including phenoxy) is 1. The van der Waals surface area contributed by atoms with Gasteiger partial charge in [0.25, 0.3) is 0 Å². The van der Waals surface area contributed by atoms with E-state index in [0.29, 0.717) is 29.3 Å². The molecular formula is C27H28N2O4S2. The summed E-state index contributed by atoms with van der Waals surface area (Å²) in [4.78, 5) is 39.7. The van der Waals surface area contributed by atoms with Crippen LogP contribution in [-0.2, 0) is 33.6 Å². The summed E-state index contributed by atoms with van der Waals surface area (Å²) < 4.78 is 5.26. The van der Waals surface area contributed by atoms with Gasteiger partial charge >= 0.3 is 5.97 Å². The SMILES string of the molecule is CCOC(=O)c1c(NC(=O)CSc2cccc(NC(=O)Cc3ccccc3)c2)sc2c1CCCC2. The molecule has 0 atom stereocenters. The zero-order valence-corrected chi connectivity index (χ0v) is 21.2. The molecular weight excluding hydrogens is 480 g/mol. The molecule has 1 aliphatic carbocycles. The molecule has 0 saturated carbocycles. The molecule has 4 rings (SSSR count). The standard InChI is InChI=1S/C27H28N2O4S2/c1-2-33-27(32)25-21-13-6-7-14-22(21)35-26(25)29-24(31)17-34-20-12-8-11-19(16-20)28-23(30)15-18-9-4-3-5-10-18/h3-5,8-12,16H,2,6-7,13-15,17H2,1H3,(H,28,30)(H,29,31). The van der Waals surface area contributed by atoms with Gasteiger partial charge in [0.1, 0.15) is 5.00 Å². The summed E-state index contributed by atoms with van der Waals surface area (Å²) >= 11 is 2.86. The summed E-state index contributed by atoms with van der Waals surface area (Å²) in [5.74, 6) is -0.456. The van der Waals surface area contributed by atoms with Crippen molar-refractivity contribution < 1.29 is 19.1 Å². The third-order valence-electron chi connectivity index (χ3n) is 5.60. The van der Waals surface area contributed by atoms with Crippen LogP contribution in [0.1, 0.15) is 46.1 Å². The molecule has 0 unspecified atom stereocenters. The molecule has 182 valence electrons. The van der Waals surface area contributed by atoms with Crippen LogP contribution in [-0.4, -0.2) is 30.1 Å². The van der Waals surface area contributed by atoms with Crippen LogP contribution in [0.2, 0.25) is 0 Å². The van der Waals surface area contributed by atoms with E-state index >= 15 is 0 Å². The summed E-state index contributed by atoms with van der Waals surface area (Å²) in [7, 11) is 0. The number of thiophene rings is 1. The van der Waals surface area contributed by atoms with E-state index in [4.69, 9.17) is 4.74 Å². The first-order valence-electron chi connectivity index (χ1n) is 11.7. The Bertz CT molecular complexity index is 1210. The zero-order valence-electron chi connectivity index (χ0n) is 19.6. The molecule has 35 heavy (non-hydrogen) atoms. The van der Waals surface area contributed by atoms with Gasteiger partial charge in [-0.3, -0.25) is 9.59 Å². The Morgan fingerprint density at radius 2 is 1.77 bits per heavy atom. The van der Waals surface area contributed by atoms with E-state index < -0.39 is 0 Å². The fourth-order valence-electron chi connectivity index (χ4n) is 4.03. The van der Waals surface area contributed by atoms with Crippen molar-refractivity contribution in [3.05, 3.63) is 76.2 Å². The fraction of sp³-hybridized carbons (Fsp3) is 0.296. The quantitative estimate of drug-likeness (QED) is 0.285. The van der Waals surface area contributed by atoms with Crippen LogP contribution in [0.3, 0.4) is 0 Å². The van der Waals surface area contributed by atoms with Crippen molar-refractivity contribution >= 4 is 51.6 Å². The van der Waals surface area contributed by atoms with E-state index in [0.717, 1.165) is 41.7 Å². The van der Waals surface area contributed by atoms with Gasteiger partial charge in [-0.15, -0.1) is 23.1 Å². The molecule has 0 aliphatic heterocycles. The number of rotatable bonds is 9. The van der Waals surface area contributed by atoms with E-state index in [2.05, 4.69) is 10.6 Å². The summed E-state index contributed by atoms with van der Waals surface area (Å²) in [6.07, 6.45) is 4.20. The largest absolute Gasteiger partial charge is 0.462 e. The van der Waals surface area contributed by atoms with E-state index in [1.54, 1.807) is 6.92 Å². The van der Waals surface area contributed by atoms with Crippen molar-refractivity contribution in [2.45, 2.75) is 43.9 Å². The van der Waals surface area contributed by atoms with Crippen molar-refractivity contribution in [3.63, 3.8) is 0 Å². The average Bonchev–Trinajstić information content (AvgIpc) is 3.21. The van der Waals surface area contributed by atoms with Crippen LogP contribution in [0.5, 0.6) is 0 Å². The first kappa shape index (κ1) is 25.0. The lowest BCUT2D eigenvalue weighted by molar-refractivity contribution is -0.115. The lowest BCUT2D eigenvalue weighted by Gasteiger charge is -2.12. The smallest absolute Gasteiger partial charge is 0.341 e. The molecule has 0 saturated heterocycles. The summed E-state index contributed by atoms with van der Waals surface area (Å²) in [6.45, 7) is 2.08. The van der Waals surface area contributed by atoms with Crippen LogP contribution in [0.15, 0.2) is 59.5 Å². The molecule has 0 radical (unpaired) electrons. The number of carbonyl (C=O) groups is 3. The Morgan fingerprint density at radius 1 is 0.971 bits per heavy atom. The van der Waals surface area contributed by atoms with E-state index in [1.807, 2.05) is 54.6 Å². The van der Waals surface area contributed by atoms with Gasteiger partial charge in [0.2, 0.25) is 11.8 Å². The van der Waals surface area contributed by atoms with Crippen LogP contribution in [0.25, 0.3) is 0 Å². The summed E-state index contributed by atoms with van der Waals surface area (Å²) in [5.41, 5.74) is 3.19. The van der Waals surface area contributed by atoms with Gasteiger partial charge in [-0.1, -0.05) is 36.4 Å². The predicted octanol–water partition coefficient (Wildman–Crippen LogP) is 5.72. The molecule has 0 fully saturated rings. The average molecular weight is 509 g/mol. The maximum atomic E-state index is 12.8. The lowest BCUT2D eigenvalue weighted by Crippen LogP contribution is -2.17. The highest BCUT2D eigenvalue weighted by molar-refractivity contribution is 8.00. The number of esters is 1. The first-order chi connectivity index (χ1) is 17.0. The van der Waals surface area contributed by atoms with Crippen LogP contribution < -0.4 is 10.6 Å². The minimum Gasteiger partial charge on any atom is -0.462 e. The second-order valence-corrected chi connectivity index (χ2v) is 10.4. The van der Waals surface area contributed by atoms with Gasteiger partial charge in [0.15, 0.2) is 0 Å². The number of amides is 2. The van der Waals surface area contributed by atoms with Gasteiger partial charge in [0.05, 0.1) is 24.3 Å². The highest BCUT2D eigenvalue weighted by atomic mass is 32.2. The normalized spacial score (nSPS) is 12.5. The number of anilines is 2. The van der Waals surface area contributed by atoms with E-state index in [-0.39, 0.29) is 23.5 Å². The van der Waals surface area contributed by atoms with Crippen LogP contribution in [0, 0.1) is 0 Å². The van der Waals surface area contributed by atoms with Crippen molar-refractivity contribution in [1.29, 1.82) is 0 Å². The Morgan fingerprint density at radius 3 is 2.57 bits per heavy atom. The van der Waals surface area contributed by atoms with Crippen molar-refractivity contribution in [1.82, 2.24) is 0 Å². The third kappa shape index (κ3) is 6.74. The molecule has 2 amide bonds. The molecule has 8 heteroatoms. The number of hydrogen-bond donors (Lipinski definition) is 2. The second-order valence-electron chi connectivity index (χ2n) is 8.21. The Balaban J connectivity index is 1.36. The number of aryl methyl sites for hydroxylation is 1. The van der Waals surface area contributed by atoms with Gasteiger partial charge in [-0.2, -0.15) is 0 Å². The van der Waals surface area contributed by atoms with Crippen LogP contribution in [0.4, 0.5) is 10.7 Å². The summed E-state index contributed by atoms with van der Waals surface area (Å²) in [6, 6.07) is 17.0. The van der Waals surface area contributed by atoms with E-state index in [9.17, 15) is 14.4 Å². The molecule has 3 aromatic rings. The number of fused-ring (bicyclic) bond motifs is 1. The Labute approximate surface area is 213 Å². The van der Waals surface area contributed by atoms with Gasteiger partial charge in [-0.05, 0) is 61.9 Å². The maximum Gasteiger partial charge on any atom is 0.341 e. The monoisotopic (exact) mass is 508 g/mol. The summed E-state index contributed by atoms with van der Waals surface area (Å²) in [5, 5.41) is 6.44. The van der Waals surface area contributed by atoms with Gasteiger partial charge in [-0.25, -0.2) is 4.79 Å². The van der Waals surface area contributed by atoms with Crippen molar-refractivity contribution in [3.8, 4) is 0 Å². The molecule has 1 heterocycles. The third-order valence-corrected chi connectivity index (χ3v) is 7.80. The molecule has 2 aromatic carbocycles. The topological polar surface area (TPSA) is 84.5 Å². The molecule has 1 aliphatic rings. The van der Waals surface area contributed by atoms with Crippen LogP contribution >= 0.6 is 23.1 Å². The molecule has 0 bridgehead atoms. The fourth-order valence-corrected chi connectivity index (χ4v) is 6.08. The zero-order chi connectivity index (χ0) is 24.6. The molecule has 2 N–H and O–H groups in total. The minimum absolute atomic E-state index is 0.0933. The van der Waals surface area contributed by atoms with Gasteiger partial charge in [0, 0.05) is 15.5 Å². The second kappa shape index (κ2) is 12.0. The lowest BCUT2D eigenvalue weighted by atomic mass is 9.95. The number of thioether (sulfide) groups is 1. The Kier molecular flexibility index (Phi) is 8.60. The van der Waals surface area contributed by atoms with Gasteiger partial charge < -0.3 is 15.4 Å². The van der Waals surface area contributed by atoms with Crippen molar-refractivity contribution in [2.24, 2.45) is 0 Å². The number of carbonyl (C=O) groups excluding carboxylic acids is 3. The molecule has 0 spiro atoms. The highest BCUT2D eigenvalue weighted by Gasteiger charge is 2.27. The number of nitrogens with one attached hydrogen (secondary N) is 2. The maximum absolute atomic E-state index is 12.8. The minimum atomic E-state index is -0.367. The van der Waals surface area contributed by atoms with E-state index in [1.165, 1.54) is 28.0 Å². The predicted molar refractivity (Wildman–Crippen MR) is 141 cm³/mol. The van der Waals surface area contributed by atoms with Crippen molar-refractivity contribution in [2.75, 3.05) is 23.0 Å². The molecule has 1 aromatic heterocycles. The number of benzene rings is 2. The Hall–Kier alpha value is -3.10. The first-order valence-corrected chi connectivity index (χ1v) is 13.5.